The molecule has 2 heterocycles. The average molecular weight is 318 g/mol. The molecule has 7 heteroatoms. The average Bonchev–Trinajstić information content (AvgIpc) is 2.91. The van der Waals surface area contributed by atoms with E-state index >= 15 is 0 Å². The summed E-state index contributed by atoms with van der Waals surface area (Å²) in [5, 5.41) is 5.22. The van der Waals surface area contributed by atoms with Crippen molar-refractivity contribution in [3.8, 4) is 5.75 Å². The number of anilines is 3. The number of benzene rings is 1. The lowest BCUT2D eigenvalue weighted by molar-refractivity contribution is -0.115. The first-order chi connectivity index (χ1) is 10.4. The molecule has 0 aliphatic carbocycles. The molecule has 3 N–H and O–H groups in total. The maximum atomic E-state index is 12.2. The number of amides is 1. The lowest BCUT2D eigenvalue weighted by Gasteiger charge is -2.40. The molecule has 22 heavy (non-hydrogen) atoms. The molecule has 0 spiro atoms. The zero-order chi connectivity index (χ0) is 15.7. The van der Waals surface area contributed by atoms with Gasteiger partial charge in [0, 0.05) is 17.3 Å². The third kappa shape index (κ3) is 3.14. The molecular weight excluding hydrogens is 300 g/mol. The molecule has 3 rings (SSSR count). The van der Waals surface area contributed by atoms with E-state index in [0.29, 0.717) is 17.4 Å². The molecule has 1 aromatic carbocycles. The minimum Gasteiger partial charge on any atom is -0.484 e. The van der Waals surface area contributed by atoms with E-state index in [1.807, 2.05) is 36.3 Å². The number of aromatic nitrogens is 1. The van der Waals surface area contributed by atoms with Gasteiger partial charge < -0.3 is 20.7 Å². The second-order valence-corrected chi connectivity index (χ2v) is 6.72. The van der Waals surface area contributed by atoms with Crippen LogP contribution < -0.4 is 20.7 Å². The largest absolute Gasteiger partial charge is 0.484 e. The van der Waals surface area contributed by atoms with Crippen LogP contribution in [0.15, 0.2) is 29.8 Å². The van der Waals surface area contributed by atoms with Gasteiger partial charge in [-0.25, -0.2) is 4.98 Å². The number of hydrogen-bond acceptors (Lipinski definition) is 6. The third-order valence-electron chi connectivity index (χ3n) is 3.29. The van der Waals surface area contributed by atoms with Gasteiger partial charge in [-0.3, -0.25) is 4.79 Å². The molecule has 0 fully saturated rings. The van der Waals surface area contributed by atoms with E-state index in [9.17, 15) is 4.79 Å². The SMILES string of the molecule is CC1(C)CN(CC(=O)Nc2nccs2)c2cc(N)ccc2O1. The summed E-state index contributed by atoms with van der Waals surface area (Å²) in [4.78, 5) is 18.3. The minimum atomic E-state index is -0.370. The Kier molecular flexibility index (Phi) is 3.66. The molecule has 6 nitrogen and oxygen atoms in total. The van der Waals surface area contributed by atoms with Crippen LogP contribution >= 0.6 is 11.3 Å². The van der Waals surface area contributed by atoms with Gasteiger partial charge in [-0.2, -0.15) is 0 Å². The van der Waals surface area contributed by atoms with Crippen LogP contribution in [0.3, 0.4) is 0 Å². The number of rotatable bonds is 3. The molecular formula is C15H18N4O2S. The summed E-state index contributed by atoms with van der Waals surface area (Å²) < 4.78 is 5.95. The zero-order valence-electron chi connectivity index (χ0n) is 12.5. The molecule has 0 saturated carbocycles. The van der Waals surface area contributed by atoms with E-state index in [-0.39, 0.29) is 18.1 Å². The Morgan fingerprint density at radius 1 is 1.55 bits per heavy atom. The Morgan fingerprint density at radius 3 is 3.09 bits per heavy atom. The summed E-state index contributed by atoms with van der Waals surface area (Å²) in [6.45, 7) is 4.83. The second-order valence-electron chi connectivity index (χ2n) is 5.83. The van der Waals surface area contributed by atoms with Gasteiger partial charge >= 0.3 is 0 Å². The summed E-state index contributed by atoms with van der Waals surface area (Å²) in [5.41, 5.74) is 6.98. The van der Waals surface area contributed by atoms with Gasteiger partial charge in [-0.05, 0) is 32.0 Å². The topological polar surface area (TPSA) is 80.5 Å². The van der Waals surface area contributed by atoms with E-state index in [4.69, 9.17) is 10.5 Å². The summed E-state index contributed by atoms with van der Waals surface area (Å²) in [7, 11) is 0. The quantitative estimate of drug-likeness (QED) is 0.849. The molecule has 116 valence electrons. The summed E-state index contributed by atoms with van der Waals surface area (Å²) in [5.74, 6) is 0.633. The van der Waals surface area contributed by atoms with E-state index in [2.05, 4.69) is 10.3 Å². The van der Waals surface area contributed by atoms with Crippen molar-refractivity contribution in [2.24, 2.45) is 0 Å². The molecule has 1 aromatic heterocycles. The molecule has 0 radical (unpaired) electrons. The van der Waals surface area contributed by atoms with Crippen molar-refractivity contribution in [3.05, 3.63) is 29.8 Å². The summed E-state index contributed by atoms with van der Waals surface area (Å²) in [6.07, 6.45) is 1.66. The Labute approximate surface area is 132 Å². The maximum Gasteiger partial charge on any atom is 0.245 e. The number of thiazole rings is 1. The lowest BCUT2D eigenvalue weighted by Crippen LogP contribution is -2.49. The highest BCUT2D eigenvalue weighted by atomic mass is 32.1. The van der Waals surface area contributed by atoms with Crippen molar-refractivity contribution >= 4 is 33.8 Å². The Hall–Kier alpha value is -2.28. The summed E-state index contributed by atoms with van der Waals surface area (Å²) >= 11 is 1.39. The number of fused-ring (bicyclic) bond motifs is 1. The molecule has 2 aromatic rings. The lowest BCUT2D eigenvalue weighted by atomic mass is 10.0. The highest BCUT2D eigenvalue weighted by Gasteiger charge is 2.32. The molecule has 1 aliphatic heterocycles. The van der Waals surface area contributed by atoms with Crippen LogP contribution in [0.1, 0.15) is 13.8 Å². The number of nitrogen functional groups attached to an aromatic ring is 1. The van der Waals surface area contributed by atoms with Gasteiger partial charge in [0.1, 0.15) is 11.4 Å². The number of hydrogen-bond donors (Lipinski definition) is 2. The monoisotopic (exact) mass is 318 g/mol. The van der Waals surface area contributed by atoms with Gasteiger partial charge in [-0.15, -0.1) is 11.3 Å². The van der Waals surface area contributed by atoms with Crippen molar-refractivity contribution in [3.63, 3.8) is 0 Å². The molecule has 0 saturated heterocycles. The van der Waals surface area contributed by atoms with Crippen LogP contribution in [-0.2, 0) is 4.79 Å². The summed E-state index contributed by atoms with van der Waals surface area (Å²) in [6, 6.07) is 5.48. The van der Waals surface area contributed by atoms with Gasteiger partial charge in [0.05, 0.1) is 18.8 Å². The highest BCUT2D eigenvalue weighted by Crippen LogP contribution is 2.38. The minimum absolute atomic E-state index is 0.110. The first-order valence-electron chi connectivity index (χ1n) is 6.96. The molecule has 0 atom stereocenters. The van der Waals surface area contributed by atoms with E-state index in [1.165, 1.54) is 11.3 Å². The van der Waals surface area contributed by atoms with E-state index in [0.717, 1.165) is 11.4 Å². The smallest absolute Gasteiger partial charge is 0.245 e. The highest BCUT2D eigenvalue weighted by molar-refractivity contribution is 7.13. The van der Waals surface area contributed by atoms with Crippen molar-refractivity contribution in [2.45, 2.75) is 19.4 Å². The van der Waals surface area contributed by atoms with Gasteiger partial charge in [0.2, 0.25) is 5.91 Å². The predicted molar refractivity (Wildman–Crippen MR) is 88.5 cm³/mol. The van der Waals surface area contributed by atoms with Crippen molar-refractivity contribution < 1.29 is 9.53 Å². The molecule has 0 unspecified atom stereocenters. The van der Waals surface area contributed by atoms with E-state index in [1.54, 1.807) is 12.3 Å². The fourth-order valence-corrected chi connectivity index (χ4v) is 3.05. The van der Waals surface area contributed by atoms with Crippen LogP contribution in [-0.4, -0.2) is 29.6 Å². The molecule has 0 bridgehead atoms. The van der Waals surface area contributed by atoms with Crippen LogP contribution in [0.4, 0.5) is 16.5 Å². The zero-order valence-corrected chi connectivity index (χ0v) is 13.3. The Bertz CT molecular complexity index is 685. The number of nitrogens with one attached hydrogen (secondary N) is 1. The number of carbonyl (C=O) groups excluding carboxylic acids is 1. The number of nitrogens with zero attached hydrogens (tertiary/aromatic N) is 2. The van der Waals surface area contributed by atoms with E-state index < -0.39 is 0 Å². The second kappa shape index (κ2) is 5.49. The fourth-order valence-electron chi connectivity index (χ4n) is 2.50. The molecule has 1 aliphatic rings. The van der Waals surface area contributed by atoms with Gasteiger partial charge in [-0.1, -0.05) is 0 Å². The fraction of sp³-hybridized carbons (Fsp3) is 0.333. The number of nitrogens with two attached hydrogens (primary N) is 1. The number of carbonyl (C=O) groups is 1. The van der Waals surface area contributed by atoms with Crippen LogP contribution in [0.2, 0.25) is 0 Å². The maximum absolute atomic E-state index is 12.2. The third-order valence-corrected chi connectivity index (χ3v) is 3.98. The van der Waals surface area contributed by atoms with Crippen LogP contribution in [0.5, 0.6) is 5.75 Å². The van der Waals surface area contributed by atoms with Crippen molar-refractivity contribution in [1.29, 1.82) is 0 Å². The molecule has 1 amide bonds. The number of ether oxygens (including phenoxy) is 1. The standard InChI is InChI=1S/C15H18N4O2S/c1-15(2)9-19(8-13(20)18-14-17-5-6-22-14)11-7-10(16)3-4-12(11)21-15/h3-7H,8-9,16H2,1-2H3,(H,17,18,20). The van der Waals surface area contributed by atoms with Crippen LogP contribution in [0, 0.1) is 0 Å². The van der Waals surface area contributed by atoms with Crippen molar-refractivity contribution in [1.82, 2.24) is 4.98 Å². The normalized spacial score (nSPS) is 15.8. The van der Waals surface area contributed by atoms with Crippen LogP contribution in [0.25, 0.3) is 0 Å². The van der Waals surface area contributed by atoms with Crippen molar-refractivity contribution in [2.75, 3.05) is 29.0 Å². The van der Waals surface area contributed by atoms with Gasteiger partial charge in [0.15, 0.2) is 5.13 Å². The Balaban J connectivity index is 1.80. The first kappa shape index (κ1) is 14.6. The predicted octanol–water partition coefficient (Wildman–Crippen LogP) is 2.34. The first-order valence-corrected chi connectivity index (χ1v) is 7.84. The van der Waals surface area contributed by atoms with Gasteiger partial charge in [0.25, 0.3) is 0 Å². The Morgan fingerprint density at radius 2 is 2.36 bits per heavy atom.